The summed E-state index contributed by atoms with van der Waals surface area (Å²) in [6, 6.07) is 2.64. The van der Waals surface area contributed by atoms with Crippen molar-refractivity contribution in [3.05, 3.63) is 22.9 Å². The second-order valence-corrected chi connectivity index (χ2v) is 2.48. The van der Waals surface area contributed by atoms with E-state index in [1.165, 1.54) is 12.1 Å². The average molecular weight is 214 g/mol. The van der Waals surface area contributed by atoms with Gasteiger partial charge in [-0.2, -0.15) is 0 Å². The van der Waals surface area contributed by atoms with Gasteiger partial charge in [-0.15, -0.1) is 13.2 Å². The van der Waals surface area contributed by atoms with Crippen molar-refractivity contribution in [3.63, 3.8) is 0 Å². The summed E-state index contributed by atoms with van der Waals surface area (Å²) < 4.78 is 35.6. The zero-order valence-corrected chi connectivity index (χ0v) is 6.28. The monoisotopic (exact) mass is 213 g/mol. The van der Waals surface area contributed by atoms with Gasteiger partial charge in [0.25, 0.3) is 0 Å². The Labute approximate surface area is 63.6 Å². The summed E-state index contributed by atoms with van der Waals surface area (Å²) >= 11 is 2.74. The lowest BCUT2D eigenvalue weighted by Crippen LogP contribution is -2.15. The standard InChI is InChI=1S/C5H3BrF3N/c6-4-2-1-3-10(4)5(7,8)9/h1-3H. The number of halogens is 4. The second-order valence-electron chi connectivity index (χ2n) is 1.67. The summed E-state index contributed by atoms with van der Waals surface area (Å²) in [5, 5.41) is 0. The van der Waals surface area contributed by atoms with Crippen LogP contribution < -0.4 is 0 Å². The van der Waals surface area contributed by atoms with Crippen LogP contribution in [0, 0.1) is 0 Å². The van der Waals surface area contributed by atoms with Crippen molar-refractivity contribution in [1.29, 1.82) is 0 Å². The number of nitrogens with zero attached hydrogens (tertiary/aromatic N) is 1. The molecule has 0 fully saturated rings. The zero-order chi connectivity index (χ0) is 7.78. The maximum absolute atomic E-state index is 11.8. The molecule has 1 nitrogen and oxygen atoms in total. The summed E-state index contributed by atoms with van der Waals surface area (Å²) in [5.74, 6) is 0. The van der Waals surface area contributed by atoms with Gasteiger partial charge in [-0.25, -0.2) is 0 Å². The quantitative estimate of drug-likeness (QED) is 0.625. The average Bonchev–Trinajstić information content (AvgIpc) is 2.11. The van der Waals surface area contributed by atoms with Gasteiger partial charge in [0.05, 0.1) is 4.60 Å². The Balaban J connectivity index is 3.05. The molecule has 0 radical (unpaired) electrons. The first kappa shape index (κ1) is 7.65. The topological polar surface area (TPSA) is 4.93 Å². The van der Waals surface area contributed by atoms with Crippen molar-refractivity contribution in [1.82, 2.24) is 4.57 Å². The smallest absolute Gasteiger partial charge is 0.253 e. The van der Waals surface area contributed by atoms with Crippen LogP contribution in [0.2, 0.25) is 0 Å². The molecule has 0 aliphatic carbocycles. The maximum atomic E-state index is 11.8. The van der Waals surface area contributed by atoms with Crippen molar-refractivity contribution < 1.29 is 13.2 Å². The van der Waals surface area contributed by atoms with E-state index in [0.29, 0.717) is 0 Å². The number of hydrogen-bond acceptors (Lipinski definition) is 0. The molecule has 10 heavy (non-hydrogen) atoms. The van der Waals surface area contributed by atoms with Crippen molar-refractivity contribution in [2.45, 2.75) is 6.30 Å². The van der Waals surface area contributed by atoms with Crippen LogP contribution in [0.3, 0.4) is 0 Å². The highest BCUT2D eigenvalue weighted by Crippen LogP contribution is 2.26. The Morgan fingerprint density at radius 2 is 2.00 bits per heavy atom. The van der Waals surface area contributed by atoms with Crippen LogP contribution in [0.5, 0.6) is 0 Å². The molecule has 1 aromatic rings. The molecule has 0 aliphatic rings. The van der Waals surface area contributed by atoms with E-state index < -0.39 is 6.30 Å². The fourth-order valence-electron chi connectivity index (χ4n) is 0.566. The van der Waals surface area contributed by atoms with Gasteiger partial charge in [0.1, 0.15) is 0 Å². The van der Waals surface area contributed by atoms with Gasteiger partial charge in [0.2, 0.25) is 0 Å². The van der Waals surface area contributed by atoms with E-state index in [-0.39, 0.29) is 9.17 Å². The van der Waals surface area contributed by atoms with E-state index in [1.807, 2.05) is 0 Å². The van der Waals surface area contributed by atoms with Crippen molar-refractivity contribution in [2.75, 3.05) is 0 Å². The van der Waals surface area contributed by atoms with Crippen LogP contribution in [0.25, 0.3) is 0 Å². The van der Waals surface area contributed by atoms with Crippen LogP contribution in [-0.4, -0.2) is 4.57 Å². The number of hydrogen-bond donors (Lipinski definition) is 0. The summed E-state index contributed by atoms with van der Waals surface area (Å²) in [6.45, 7) is 0. The van der Waals surface area contributed by atoms with E-state index in [2.05, 4.69) is 15.9 Å². The first-order valence-corrected chi connectivity index (χ1v) is 3.21. The molecular formula is C5H3BrF3N. The highest BCUT2D eigenvalue weighted by atomic mass is 79.9. The van der Waals surface area contributed by atoms with Crippen LogP contribution in [0.4, 0.5) is 13.2 Å². The third-order valence-electron chi connectivity index (χ3n) is 0.972. The predicted octanol–water partition coefficient (Wildman–Crippen LogP) is 2.73. The molecule has 5 heteroatoms. The number of rotatable bonds is 0. The first-order chi connectivity index (χ1) is 4.52. The van der Waals surface area contributed by atoms with Gasteiger partial charge in [0.15, 0.2) is 0 Å². The molecule has 0 unspecified atom stereocenters. The van der Waals surface area contributed by atoms with E-state index in [9.17, 15) is 13.2 Å². The molecule has 1 aromatic heterocycles. The Kier molecular flexibility index (Phi) is 1.76. The fraction of sp³-hybridized carbons (Fsp3) is 0.200. The lowest BCUT2D eigenvalue weighted by Gasteiger charge is -2.07. The van der Waals surface area contributed by atoms with Gasteiger partial charge in [-0.3, -0.25) is 4.57 Å². The van der Waals surface area contributed by atoms with E-state index in [0.717, 1.165) is 6.20 Å². The van der Waals surface area contributed by atoms with E-state index >= 15 is 0 Å². The third-order valence-corrected chi connectivity index (χ3v) is 1.62. The van der Waals surface area contributed by atoms with Crippen LogP contribution >= 0.6 is 15.9 Å². The third kappa shape index (κ3) is 1.34. The molecule has 1 rings (SSSR count). The second kappa shape index (κ2) is 2.30. The minimum absolute atomic E-state index is 0.0139. The highest BCUT2D eigenvalue weighted by molar-refractivity contribution is 9.10. The summed E-state index contributed by atoms with van der Waals surface area (Å²) in [4.78, 5) is 0. The Hall–Kier alpha value is -0.450. The van der Waals surface area contributed by atoms with Crippen LogP contribution in [-0.2, 0) is 6.30 Å². The lowest BCUT2D eigenvalue weighted by atomic mass is 10.7. The van der Waals surface area contributed by atoms with Crippen LogP contribution in [0.15, 0.2) is 22.9 Å². The minimum atomic E-state index is -4.32. The van der Waals surface area contributed by atoms with Crippen molar-refractivity contribution in [2.24, 2.45) is 0 Å². The molecule has 56 valence electrons. The molecule has 0 N–H and O–H groups in total. The Bertz CT molecular complexity index is 227. The lowest BCUT2D eigenvalue weighted by molar-refractivity contribution is -0.205. The Morgan fingerprint density at radius 3 is 2.20 bits per heavy atom. The largest absolute Gasteiger partial charge is 0.489 e. The summed E-state index contributed by atoms with van der Waals surface area (Å²) in [6.07, 6.45) is -3.37. The van der Waals surface area contributed by atoms with Crippen LogP contribution in [0.1, 0.15) is 0 Å². The molecule has 0 saturated carbocycles. The molecule has 0 bridgehead atoms. The van der Waals surface area contributed by atoms with Gasteiger partial charge in [-0.05, 0) is 28.1 Å². The molecule has 0 aliphatic heterocycles. The summed E-state index contributed by atoms with van der Waals surface area (Å²) in [5.41, 5.74) is 0. The molecule has 0 atom stereocenters. The van der Waals surface area contributed by atoms with E-state index in [1.54, 1.807) is 0 Å². The first-order valence-electron chi connectivity index (χ1n) is 2.42. The Morgan fingerprint density at radius 1 is 1.40 bits per heavy atom. The SMILES string of the molecule is FC(F)(F)n1cccc1Br. The van der Waals surface area contributed by atoms with E-state index in [4.69, 9.17) is 0 Å². The van der Waals surface area contributed by atoms with Gasteiger partial charge >= 0.3 is 6.30 Å². The molecule has 0 saturated heterocycles. The molecule has 1 heterocycles. The molecule has 0 aromatic carbocycles. The van der Waals surface area contributed by atoms with Gasteiger partial charge in [0, 0.05) is 6.20 Å². The van der Waals surface area contributed by atoms with Crippen molar-refractivity contribution >= 4 is 15.9 Å². The highest BCUT2D eigenvalue weighted by Gasteiger charge is 2.31. The van der Waals surface area contributed by atoms with Gasteiger partial charge in [-0.1, -0.05) is 0 Å². The van der Waals surface area contributed by atoms with Gasteiger partial charge < -0.3 is 0 Å². The molecule has 0 amide bonds. The number of alkyl halides is 3. The normalized spacial score (nSPS) is 12.0. The summed E-state index contributed by atoms with van der Waals surface area (Å²) in [7, 11) is 0. The minimum Gasteiger partial charge on any atom is -0.253 e. The molecule has 0 spiro atoms. The predicted molar refractivity (Wildman–Crippen MR) is 33.4 cm³/mol. The number of aromatic nitrogens is 1. The zero-order valence-electron chi connectivity index (χ0n) is 4.69. The van der Waals surface area contributed by atoms with Crippen molar-refractivity contribution in [3.8, 4) is 0 Å². The fourth-order valence-corrected chi connectivity index (χ4v) is 1.04. The molecular weight excluding hydrogens is 211 g/mol. The maximum Gasteiger partial charge on any atom is 0.489 e.